The molecule has 1 fully saturated rings. The Kier molecular flexibility index (Phi) is 7.16. The zero-order valence-electron chi connectivity index (χ0n) is 21.5. The molecule has 0 radical (unpaired) electrons. The molecule has 1 unspecified atom stereocenters. The highest BCUT2D eigenvalue weighted by Crippen LogP contribution is 2.45. The van der Waals surface area contributed by atoms with E-state index in [0.717, 1.165) is 25.7 Å². The Balaban J connectivity index is 1.27. The fourth-order valence-electron chi connectivity index (χ4n) is 5.19. The summed E-state index contributed by atoms with van der Waals surface area (Å²) in [6.07, 6.45) is 7.36. The number of ether oxygens (including phenoxy) is 1. The third-order valence-electron chi connectivity index (χ3n) is 7.07. The van der Waals surface area contributed by atoms with Gasteiger partial charge in [0.25, 0.3) is 5.91 Å². The number of para-hydroxylation sites is 1. The van der Waals surface area contributed by atoms with Crippen LogP contribution in [0.4, 0.5) is 22.0 Å². The van der Waals surface area contributed by atoms with E-state index in [9.17, 15) is 14.7 Å². The predicted octanol–water partition coefficient (Wildman–Crippen LogP) is 5.30. The summed E-state index contributed by atoms with van der Waals surface area (Å²) in [5, 5.41) is 19.8. The first-order valence-corrected chi connectivity index (χ1v) is 13.9. The molecule has 0 spiro atoms. The Morgan fingerprint density at radius 1 is 1.12 bits per heavy atom. The van der Waals surface area contributed by atoms with E-state index in [0.29, 0.717) is 43.8 Å². The lowest BCUT2D eigenvalue weighted by Crippen LogP contribution is -2.53. The van der Waals surface area contributed by atoms with Gasteiger partial charge in [0, 0.05) is 18.3 Å². The minimum absolute atomic E-state index is 0.0879. The summed E-state index contributed by atoms with van der Waals surface area (Å²) in [6, 6.07) is 13.9. The first-order chi connectivity index (χ1) is 19.5. The van der Waals surface area contributed by atoms with Crippen LogP contribution in [-0.4, -0.2) is 45.3 Å². The lowest BCUT2D eigenvalue weighted by molar-refractivity contribution is 0.0893. The number of thiophene rings is 1. The second-order valence-electron chi connectivity index (χ2n) is 9.67. The van der Waals surface area contributed by atoms with Crippen LogP contribution in [0.25, 0.3) is 10.2 Å². The van der Waals surface area contributed by atoms with Crippen LogP contribution in [-0.2, 0) is 0 Å². The summed E-state index contributed by atoms with van der Waals surface area (Å²) >= 11 is 1.23. The number of aromatic nitrogens is 2. The van der Waals surface area contributed by atoms with Crippen molar-refractivity contribution in [3.05, 3.63) is 78.5 Å². The topological polar surface area (TPSA) is 129 Å². The standard InChI is InChI=1S/C29H28N6O4S/c1-2-23(36)32-19-10-6-7-11-20(19)33-27(37)26-25-24-21(14-15-30-28(24)40-26)35(29(38)34-25)22-13-12-18(16-31-22)39-17-8-4-3-5-9-17/h2-5,8-9,12-16,19-20,23,32,36H,1,6-7,10-11H2,(H,33,37)(H,34,38)/t19-,20-,23?/m1/s1. The number of aliphatic hydroxyl groups excluding tert-OH is 1. The summed E-state index contributed by atoms with van der Waals surface area (Å²) in [7, 11) is 0. The molecule has 10 nitrogen and oxygen atoms in total. The second-order valence-corrected chi connectivity index (χ2v) is 10.7. The molecule has 4 aromatic rings. The van der Waals surface area contributed by atoms with E-state index in [2.05, 4.69) is 32.5 Å². The van der Waals surface area contributed by atoms with Gasteiger partial charge in [0.05, 0.1) is 23.0 Å². The molecule has 4 heterocycles. The summed E-state index contributed by atoms with van der Waals surface area (Å²) in [4.78, 5) is 38.3. The molecule has 0 bridgehead atoms. The van der Waals surface area contributed by atoms with E-state index in [1.165, 1.54) is 22.3 Å². The van der Waals surface area contributed by atoms with Crippen LogP contribution in [0.2, 0.25) is 0 Å². The van der Waals surface area contributed by atoms with Gasteiger partial charge in [0.2, 0.25) is 0 Å². The predicted molar refractivity (Wildman–Crippen MR) is 154 cm³/mol. The quantitative estimate of drug-likeness (QED) is 0.171. The number of urea groups is 1. The molecular formula is C29H28N6O4S. The van der Waals surface area contributed by atoms with Crippen molar-refractivity contribution in [1.29, 1.82) is 0 Å². The fraction of sp³-hybridized carbons (Fsp3) is 0.241. The Morgan fingerprint density at radius 2 is 1.93 bits per heavy atom. The first-order valence-electron chi connectivity index (χ1n) is 13.1. The van der Waals surface area contributed by atoms with Gasteiger partial charge in [-0.3, -0.25) is 10.1 Å². The number of carbonyl (C=O) groups is 2. The number of carbonyl (C=O) groups excluding carboxylic acids is 2. The van der Waals surface area contributed by atoms with E-state index >= 15 is 0 Å². The van der Waals surface area contributed by atoms with Crippen LogP contribution < -0.4 is 25.6 Å². The largest absolute Gasteiger partial charge is 0.456 e. The third kappa shape index (κ3) is 5.02. The number of rotatable bonds is 8. The van der Waals surface area contributed by atoms with Crippen LogP contribution in [0.15, 0.2) is 73.6 Å². The Hall–Kier alpha value is -4.32. The number of aliphatic hydroxyl groups is 1. The van der Waals surface area contributed by atoms with Crippen molar-refractivity contribution in [3.8, 4) is 11.5 Å². The first kappa shape index (κ1) is 25.9. The Bertz CT molecular complexity index is 1560. The van der Waals surface area contributed by atoms with Crippen molar-refractivity contribution in [3.63, 3.8) is 0 Å². The van der Waals surface area contributed by atoms with E-state index < -0.39 is 12.3 Å². The summed E-state index contributed by atoms with van der Waals surface area (Å²) in [6.45, 7) is 3.62. The van der Waals surface area contributed by atoms with E-state index in [1.807, 2.05) is 30.3 Å². The highest BCUT2D eigenvalue weighted by atomic mass is 32.1. The van der Waals surface area contributed by atoms with Crippen molar-refractivity contribution >= 4 is 50.7 Å². The maximum atomic E-state index is 13.5. The molecule has 3 aromatic heterocycles. The average Bonchev–Trinajstić information content (AvgIpc) is 3.35. The zero-order chi connectivity index (χ0) is 27.6. The molecule has 3 amide bonds. The molecule has 6 rings (SSSR count). The minimum Gasteiger partial charge on any atom is -0.456 e. The second kappa shape index (κ2) is 11.0. The van der Waals surface area contributed by atoms with Crippen molar-refractivity contribution in [2.75, 3.05) is 10.2 Å². The normalized spacial score (nSPS) is 19.1. The molecule has 40 heavy (non-hydrogen) atoms. The molecule has 1 aromatic carbocycles. The number of anilines is 3. The fourth-order valence-corrected chi connectivity index (χ4v) is 6.21. The van der Waals surface area contributed by atoms with Gasteiger partial charge in [-0.05, 0) is 49.2 Å². The number of nitrogens with one attached hydrogen (secondary N) is 3. The zero-order valence-corrected chi connectivity index (χ0v) is 22.4. The third-order valence-corrected chi connectivity index (χ3v) is 8.17. The minimum atomic E-state index is -0.849. The number of pyridine rings is 2. The van der Waals surface area contributed by atoms with Gasteiger partial charge in [-0.15, -0.1) is 11.3 Å². The van der Waals surface area contributed by atoms with Crippen molar-refractivity contribution in [2.24, 2.45) is 0 Å². The molecule has 204 valence electrons. The van der Waals surface area contributed by atoms with Crippen molar-refractivity contribution in [1.82, 2.24) is 20.6 Å². The van der Waals surface area contributed by atoms with Crippen molar-refractivity contribution < 1.29 is 19.4 Å². The van der Waals surface area contributed by atoms with Gasteiger partial charge in [-0.2, -0.15) is 0 Å². The molecule has 3 atom stereocenters. The van der Waals surface area contributed by atoms with Crippen molar-refractivity contribution in [2.45, 2.75) is 44.0 Å². The number of hydrogen-bond acceptors (Lipinski definition) is 8. The van der Waals surface area contributed by atoms with Crippen LogP contribution in [0, 0.1) is 0 Å². The molecule has 1 aliphatic carbocycles. The monoisotopic (exact) mass is 556 g/mol. The molecule has 11 heteroatoms. The van der Waals surface area contributed by atoms with Gasteiger partial charge >= 0.3 is 6.03 Å². The lowest BCUT2D eigenvalue weighted by atomic mass is 9.90. The van der Waals surface area contributed by atoms with Crippen LogP contribution in [0.3, 0.4) is 0 Å². The Labute approximate surface area is 234 Å². The molecule has 0 saturated heterocycles. The number of amides is 3. The summed E-state index contributed by atoms with van der Waals surface area (Å²) in [5.74, 6) is 1.35. The molecule has 2 aliphatic rings. The van der Waals surface area contributed by atoms with Gasteiger partial charge in [0.1, 0.15) is 33.3 Å². The molecule has 1 saturated carbocycles. The highest BCUT2D eigenvalue weighted by molar-refractivity contribution is 7.21. The SMILES string of the molecule is C=CC(O)N[C@@H]1CCCC[C@H]1NC(=O)c1sc2nccc3c2c1NC(=O)N3c1ccc(Oc2ccccc2)cn1. The maximum absolute atomic E-state index is 13.5. The number of hydrogen-bond donors (Lipinski definition) is 4. The average molecular weight is 557 g/mol. The number of benzene rings is 1. The molecular weight excluding hydrogens is 528 g/mol. The molecule has 1 aliphatic heterocycles. The Morgan fingerprint density at radius 3 is 2.67 bits per heavy atom. The smallest absolute Gasteiger partial charge is 0.332 e. The lowest BCUT2D eigenvalue weighted by Gasteiger charge is -2.34. The maximum Gasteiger partial charge on any atom is 0.332 e. The van der Waals surface area contributed by atoms with E-state index in [1.54, 1.807) is 30.6 Å². The van der Waals surface area contributed by atoms with Gasteiger partial charge < -0.3 is 20.5 Å². The number of nitrogens with zero attached hydrogens (tertiary/aromatic N) is 3. The van der Waals surface area contributed by atoms with Gasteiger partial charge in [-0.25, -0.2) is 19.7 Å². The summed E-state index contributed by atoms with van der Waals surface area (Å²) in [5.41, 5.74) is 1.03. The van der Waals surface area contributed by atoms with Crippen LogP contribution >= 0.6 is 11.3 Å². The van der Waals surface area contributed by atoms with Gasteiger partial charge in [0.15, 0.2) is 0 Å². The van der Waals surface area contributed by atoms with E-state index in [-0.39, 0.29) is 18.0 Å². The van der Waals surface area contributed by atoms with E-state index in [4.69, 9.17) is 4.74 Å². The molecule has 4 N–H and O–H groups in total. The summed E-state index contributed by atoms with van der Waals surface area (Å²) < 4.78 is 5.83. The van der Waals surface area contributed by atoms with Crippen LogP contribution in [0.1, 0.15) is 35.4 Å². The highest BCUT2D eigenvalue weighted by Gasteiger charge is 2.35. The van der Waals surface area contributed by atoms with Crippen LogP contribution in [0.5, 0.6) is 11.5 Å². The van der Waals surface area contributed by atoms with Gasteiger partial charge in [-0.1, -0.05) is 37.6 Å².